The summed E-state index contributed by atoms with van der Waals surface area (Å²) in [7, 11) is -2.72. The Kier molecular flexibility index (Phi) is 6.15. The van der Waals surface area contributed by atoms with Crippen LogP contribution in [0.4, 0.5) is 0 Å². The third-order valence-corrected chi connectivity index (χ3v) is 7.69. The standard InChI is InChI=1S/C22H24ClN3O5S/c1-12-7-8-14-5-4-6-16(19(12)14)13(2)20(21-24-25-22(27)31-21)26-32(28,29)18-10-9-15(23)11-17(18)30-3/h4-6,9-13,20,26H,7-8H2,1-3H3,(H,25,27)/t12?,13-,20-/m0/s1. The highest BCUT2D eigenvalue weighted by molar-refractivity contribution is 7.89. The molecule has 8 nitrogen and oxygen atoms in total. The Bertz CT molecular complexity index is 1300. The van der Waals surface area contributed by atoms with Crippen molar-refractivity contribution in [2.45, 2.75) is 49.5 Å². The summed E-state index contributed by atoms with van der Waals surface area (Å²) in [4.78, 5) is 11.6. The van der Waals surface area contributed by atoms with Gasteiger partial charge in [0, 0.05) is 17.0 Å². The van der Waals surface area contributed by atoms with Gasteiger partial charge < -0.3 is 9.15 Å². The van der Waals surface area contributed by atoms with E-state index < -0.39 is 21.8 Å². The molecule has 10 heteroatoms. The summed E-state index contributed by atoms with van der Waals surface area (Å²) >= 11 is 5.99. The van der Waals surface area contributed by atoms with E-state index in [0.29, 0.717) is 10.9 Å². The van der Waals surface area contributed by atoms with E-state index in [4.69, 9.17) is 20.8 Å². The molecular formula is C22H24ClN3O5S. The van der Waals surface area contributed by atoms with E-state index in [1.54, 1.807) is 0 Å². The topological polar surface area (TPSA) is 114 Å². The third kappa shape index (κ3) is 4.20. The zero-order valence-corrected chi connectivity index (χ0v) is 19.5. The Balaban J connectivity index is 1.78. The summed E-state index contributed by atoms with van der Waals surface area (Å²) < 4.78 is 39.8. The molecule has 1 aromatic heterocycles. The van der Waals surface area contributed by atoms with Crippen molar-refractivity contribution < 1.29 is 17.6 Å². The maximum Gasteiger partial charge on any atom is 0.434 e. The number of benzene rings is 2. The van der Waals surface area contributed by atoms with Gasteiger partial charge in [-0.1, -0.05) is 43.6 Å². The number of nitrogens with zero attached hydrogens (tertiary/aromatic N) is 1. The van der Waals surface area contributed by atoms with Crippen molar-refractivity contribution in [3.05, 3.63) is 74.6 Å². The van der Waals surface area contributed by atoms with Crippen molar-refractivity contribution in [1.29, 1.82) is 0 Å². The molecule has 0 aliphatic heterocycles. The van der Waals surface area contributed by atoms with Gasteiger partial charge in [-0.15, -0.1) is 5.10 Å². The van der Waals surface area contributed by atoms with Gasteiger partial charge >= 0.3 is 5.76 Å². The lowest BCUT2D eigenvalue weighted by Crippen LogP contribution is -2.33. The monoisotopic (exact) mass is 477 g/mol. The van der Waals surface area contributed by atoms with Crippen LogP contribution in [0.5, 0.6) is 5.75 Å². The molecule has 1 heterocycles. The minimum Gasteiger partial charge on any atom is -0.495 e. The third-order valence-electron chi connectivity index (χ3n) is 5.98. The van der Waals surface area contributed by atoms with E-state index in [-0.39, 0.29) is 22.5 Å². The Labute approximate surface area is 191 Å². The average Bonchev–Trinajstić information content (AvgIpc) is 3.37. The predicted octanol–water partition coefficient (Wildman–Crippen LogP) is 3.90. The second kappa shape index (κ2) is 8.73. The second-order valence-electron chi connectivity index (χ2n) is 7.99. The zero-order chi connectivity index (χ0) is 23.0. The summed E-state index contributed by atoms with van der Waals surface area (Å²) in [5, 5.41) is 6.49. The summed E-state index contributed by atoms with van der Waals surface area (Å²) in [6, 6.07) is 9.39. The summed E-state index contributed by atoms with van der Waals surface area (Å²) in [6.07, 6.45) is 2.02. The minimum atomic E-state index is -4.09. The number of methoxy groups -OCH3 is 1. The van der Waals surface area contributed by atoms with Crippen LogP contribution in [-0.4, -0.2) is 25.7 Å². The molecule has 0 saturated heterocycles. The number of aromatic nitrogens is 2. The summed E-state index contributed by atoms with van der Waals surface area (Å²) in [5.41, 5.74) is 3.46. The molecule has 0 amide bonds. The van der Waals surface area contributed by atoms with Crippen molar-refractivity contribution in [3.63, 3.8) is 0 Å². The van der Waals surface area contributed by atoms with Crippen molar-refractivity contribution >= 4 is 21.6 Å². The molecule has 1 aliphatic carbocycles. The Hall–Kier alpha value is -2.62. The van der Waals surface area contributed by atoms with Crippen molar-refractivity contribution in [3.8, 4) is 5.75 Å². The fourth-order valence-corrected chi connectivity index (χ4v) is 5.96. The highest BCUT2D eigenvalue weighted by Crippen LogP contribution is 2.42. The van der Waals surface area contributed by atoms with E-state index in [9.17, 15) is 13.2 Å². The highest BCUT2D eigenvalue weighted by atomic mass is 35.5. The van der Waals surface area contributed by atoms with E-state index in [2.05, 4.69) is 27.9 Å². The van der Waals surface area contributed by atoms with Crippen LogP contribution in [0.25, 0.3) is 0 Å². The molecule has 0 saturated carbocycles. The molecule has 0 bridgehead atoms. The minimum absolute atomic E-state index is 0.0396. The number of aryl methyl sites for hydroxylation is 1. The van der Waals surface area contributed by atoms with Gasteiger partial charge in [-0.2, -0.15) is 4.72 Å². The van der Waals surface area contributed by atoms with Crippen LogP contribution in [-0.2, 0) is 16.4 Å². The largest absolute Gasteiger partial charge is 0.495 e. The highest BCUT2D eigenvalue weighted by Gasteiger charge is 2.35. The van der Waals surface area contributed by atoms with Gasteiger partial charge in [0.05, 0.1) is 7.11 Å². The molecule has 0 radical (unpaired) electrons. The second-order valence-corrected chi connectivity index (χ2v) is 10.1. The van der Waals surface area contributed by atoms with Gasteiger partial charge in [0.25, 0.3) is 0 Å². The van der Waals surface area contributed by atoms with Crippen LogP contribution < -0.4 is 15.2 Å². The van der Waals surface area contributed by atoms with E-state index in [1.165, 1.54) is 36.4 Å². The first-order valence-electron chi connectivity index (χ1n) is 10.2. The van der Waals surface area contributed by atoms with Crippen molar-refractivity contribution in [2.75, 3.05) is 7.11 Å². The molecule has 0 spiro atoms. The van der Waals surface area contributed by atoms with Crippen molar-refractivity contribution in [2.24, 2.45) is 0 Å². The number of nitrogens with one attached hydrogen (secondary N) is 2. The van der Waals surface area contributed by atoms with Crippen LogP contribution in [0.2, 0.25) is 5.02 Å². The first-order chi connectivity index (χ1) is 15.2. The lowest BCUT2D eigenvalue weighted by Gasteiger charge is -2.26. The first kappa shape index (κ1) is 22.6. The van der Waals surface area contributed by atoms with Crippen LogP contribution >= 0.6 is 11.6 Å². The Morgan fingerprint density at radius 2 is 2.09 bits per heavy atom. The molecule has 2 N–H and O–H groups in total. The van der Waals surface area contributed by atoms with E-state index in [1.807, 2.05) is 19.1 Å². The molecule has 0 fully saturated rings. The zero-order valence-electron chi connectivity index (χ0n) is 17.9. The Morgan fingerprint density at radius 1 is 1.31 bits per heavy atom. The number of rotatable bonds is 7. The SMILES string of the molecule is COc1cc(Cl)ccc1S(=O)(=O)N[C@H](c1n[nH]c(=O)o1)[C@@H](C)c1cccc2c1C(C)CC2. The fourth-order valence-electron chi connectivity index (χ4n) is 4.38. The number of hydrogen-bond acceptors (Lipinski definition) is 6. The van der Waals surface area contributed by atoms with Crippen LogP contribution in [0, 0.1) is 0 Å². The molecule has 4 rings (SSSR count). The smallest absolute Gasteiger partial charge is 0.434 e. The number of halogens is 1. The number of sulfonamides is 1. The molecule has 2 aromatic carbocycles. The lowest BCUT2D eigenvalue weighted by atomic mass is 9.86. The number of hydrogen-bond donors (Lipinski definition) is 2. The predicted molar refractivity (Wildman–Crippen MR) is 120 cm³/mol. The van der Waals surface area contributed by atoms with Crippen molar-refractivity contribution in [1.82, 2.24) is 14.9 Å². The molecule has 32 heavy (non-hydrogen) atoms. The quantitative estimate of drug-likeness (QED) is 0.533. The van der Waals surface area contributed by atoms with Gasteiger partial charge in [-0.05, 0) is 47.6 Å². The number of ether oxygens (including phenoxy) is 1. The molecule has 3 aromatic rings. The van der Waals surface area contributed by atoms with Gasteiger partial charge in [-0.25, -0.2) is 18.3 Å². The molecule has 3 atom stereocenters. The number of fused-ring (bicyclic) bond motifs is 1. The van der Waals surface area contributed by atoms with Gasteiger partial charge in [0.1, 0.15) is 16.7 Å². The molecule has 170 valence electrons. The maximum absolute atomic E-state index is 13.4. The fraction of sp³-hybridized carbons (Fsp3) is 0.364. The maximum atomic E-state index is 13.4. The van der Waals surface area contributed by atoms with Gasteiger partial charge in [-0.3, -0.25) is 0 Å². The molecule has 1 aliphatic rings. The summed E-state index contributed by atoms with van der Waals surface area (Å²) in [6.45, 7) is 4.05. The Morgan fingerprint density at radius 3 is 2.78 bits per heavy atom. The van der Waals surface area contributed by atoms with E-state index in [0.717, 1.165) is 18.4 Å². The summed E-state index contributed by atoms with van der Waals surface area (Å²) in [5.74, 6) is -0.711. The normalized spacial score (nSPS) is 17.7. The number of H-pyrrole nitrogens is 1. The van der Waals surface area contributed by atoms with Crippen LogP contribution in [0.3, 0.4) is 0 Å². The number of aromatic amines is 1. The molecular weight excluding hydrogens is 454 g/mol. The van der Waals surface area contributed by atoms with Gasteiger partial charge in [0.15, 0.2) is 0 Å². The molecule has 1 unspecified atom stereocenters. The lowest BCUT2D eigenvalue weighted by molar-refractivity contribution is 0.378. The van der Waals surface area contributed by atoms with Gasteiger partial charge in [0.2, 0.25) is 15.9 Å². The average molecular weight is 478 g/mol. The van der Waals surface area contributed by atoms with Crippen LogP contribution in [0.1, 0.15) is 60.7 Å². The van der Waals surface area contributed by atoms with E-state index >= 15 is 0 Å². The first-order valence-corrected chi connectivity index (χ1v) is 12.1. The van der Waals surface area contributed by atoms with Crippen LogP contribution in [0.15, 0.2) is 50.5 Å².